The van der Waals surface area contributed by atoms with Crippen LogP contribution in [0.5, 0.6) is 5.75 Å². The van der Waals surface area contributed by atoms with Gasteiger partial charge in [-0.15, -0.1) is 0 Å². The molecule has 1 aliphatic carbocycles. The minimum absolute atomic E-state index is 0.131. The highest BCUT2D eigenvalue weighted by atomic mass is 32.1. The Labute approximate surface area is 200 Å². The van der Waals surface area contributed by atoms with Gasteiger partial charge in [0.25, 0.3) is 5.56 Å². The van der Waals surface area contributed by atoms with Crippen LogP contribution in [0.25, 0.3) is 26.6 Å². The number of aromatic amines is 1. The third kappa shape index (κ3) is 3.64. The molecule has 1 aliphatic rings. The molecule has 0 spiro atoms. The summed E-state index contributed by atoms with van der Waals surface area (Å²) in [4.78, 5) is 23.1. The summed E-state index contributed by atoms with van der Waals surface area (Å²) in [6.45, 7) is 0. The van der Waals surface area contributed by atoms with Crippen molar-refractivity contribution in [3.05, 3.63) is 99.8 Å². The van der Waals surface area contributed by atoms with Crippen molar-refractivity contribution in [2.45, 2.75) is 18.9 Å². The fourth-order valence-corrected chi connectivity index (χ4v) is 5.38. The number of nitrogens with zero attached hydrogens (tertiary/aromatic N) is 3. The van der Waals surface area contributed by atoms with E-state index < -0.39 is 0 Å². The molecule has 0 atom stereocenters. The second kappa shape index (κ2) is 8.43. The normalized spacial score (nSPS) is 13.7. The number of methoxy groups -OCH3 is 1. The maximum Gasteiger partial charge on any atom is 0.282 e. The Morgan fingerprint density at radius 1 is 1.03 bits per heavy atom. The summed E-state index contributed by atoms with van der Waals surface area (Å²) in [5.74, 6) is 0.760. The SMILES string of the molecule is COc1ccc(-c2[nH]n(-c3nc4ccccc4s3)c(=O)c2C=NC2Cc3ccccc3C2)cc1. The van der Waals surface area contributed by atoms with E-state index in [0.29, 0.717) is 16.4 Å². The summed E-state index contributed by atoms with van der Waals surface area (Å²) < 4.78 is 7.86. The van der Waals surface area contributed by atoms with E-state index in [4.69, 9.17) is 9.73 Å². The van der Waals surface area contributed by atoms with Gasteiger partial charge in [-0.2, -0.15) is 4.68 Å². The second-order valence-electron chi connectivity index (χ2n) is 8.34. The van der Waals surface area contributed by atoms with Crippen LogP contribution in [0.15, 0.2) is 82.6 Å². The average Bonchev–Trinajstić information content (AvgIpc) is 3.57. The highest BCUT2D eigenvalue weighted by molar-refractivity contribution is 7.20. The molecule has 2 heterocycles. The summed E-state index contributed by atoms with van der Waals surface area (Å²) in [7, 11) is 1.64. The van der Waals surface area contributed by atoms with Crippen LogP contribution in [-0.4, -0.2) is 34.1 Å². The van der Waals surface area contributed by atoms with Crippen molar-refractivity contribution >= 4 is 27.8 Å². The van der Waals surface area contributed by atoms with E-state index in [9.17, 15) is 4.79 Å². The number of benzene rings is 3. The Balaban J connectivity index is 1.43. The Morgan fingerprint density at radius 3 is 2.44 bits per heavy atom. The predicted molar refractivity (Wildman–Crippen MR) is 137 cm³/mol. The van der Waals surface area contributed by atoms with Crippen molar-refractivity contribution in [2.24, 2.45) is 4.99 Å². The lowest BCUT2D eigenvalue weighted by atomic mass is 10.1. The summed E-state index contributed by atoms with van der Waals surface area (Å²) in [6, 6.07) is 24.1. The molecule has 168 valence electrons. The Hall–Kier alpha value is -3.97. The molecule has 0 amide bonds. The number of aromatic nitrogens is 3. The molecule has 6 nitrogen and oxygen atoms in total. The molecule has 2 aromatic heterocycles. The monoisotopic (exact) mass is 466 g/mol. The largest absolute Gasteiger partial charge is 0.497 e. The van der Waals surface area contributed by atoms with Crippen molar-refractivity contribution in [3.8, 4) is 22.1 Å². The van der Waals surface area contributed by atoms with E-state index in [2.05, 4.69) is 34.3 Å². The van der Waals surface area contributed by atoms with Gasteiger partial charge in [-0.1, -0.05) is 47.7 Å². The molecule has 0 unspecified atom stereocenters. The third-order valence-electron chi connectivity index (χ3n) is 6.22. The molecule has 6 rings (SSSR count). The van der Waals surface area contributed by atoms with Gasteiger partial charge in [0.05, 0.1) is 34.6 Å². The molecule has 1 N–H and O–H groups in total. The average molecular weight is 467 g/mol. The number of thiazole rings is 1. The highest BCUT2D eigenvalue weighted by Gasteiger charge is 2.22. The van der Waals surface area contributed by atoms with E-state index in [0.717, 1.165) is 34.4 Å². The highest BCUT2D eigenvalue weighted by Crippen LogP contribution is 2.27. The van der Waals surface area contributed by atoms with Gasteiger partial charge in [0.1, 0.15) is 5.75 Å². The number of H-pyrrole nitrogens is 1. The molecule has 0 saturated heterocycles. The van der Waals surface area contributed by atoms with Gasteiger partial charge < -0.3 is 4.74 Å². The first-order valence-electron chi connectivity index (χ1n) is 11.1. The first kappa shape index (κ1) is 20.6. The number of rotatable bonds is 5. The molecule has 5 aromatic rings. The molecule has 3 aromatic carbocycles. The van der Waals surface area contributed by atoms with Gasteiger partial charge >= 0.3 is 0 Å². The first-order valence-corrected chi connectivity index (χ1v) is 12.0. The fourth-order valence-electron chi connectivity index (χ4n) is 4.46. The first-order chi connectivity index (χ1) is 16.7. The molecular weight excluding hydrogens is 444 g/mol. The Morgan fingerprint density at radius 2 is 1.74 bits per heavy atom. The molecule has 0 aliphatic heterocycles. The van der Waals surface area contributed by atoms with Crippen LogP contribution in [0.3, 0.4) is 0 Å². The number of aliphatic imine (C=N–C) groups is 1. The minimum atomic E-state index is -0.163. The van der Waals surface area contributed by atoms with E-state index in [-0.39, 0.29) is 11.6 Å². The minimum Gasteiger partial charge on any atom is -0.497 e. The summed E-state index contributed by atoms with van der Waals surface area (Å²) in [6.07, 6.45) is 3.51. The van der Waals surface area contributed by atoms with E-state index >= 15 is 0 Å². The molecule has 34 heavy (non-hydrogen) atoms. The van der Waals surface area contributed by atoms with Crippen molar-refractivity contribution in [3.63, 3.8) is 0 Å². The van der Waals surface area contributed by atoms with Gasteiger partial charge in [0.15, 0.2) is 0 Å². The predicted octanol–water partition coefficient (Wildman–Crippen LogP) is 5.04. The zero-order valence-electron chi connectivity index (χ0n) is 18.6. The lowest BCUT2D eigenvalue weighted by Crippen LogP contribution is -2.17. The number of para-hydroxylation sites is 1. The third-order valence-corrected chi connectivity index (χ3v) is 7.24. The van der Waals surface area contributed by atoms with Crippen LogP contribution >= 0.6 is 11.3 Å². The van der Waals surface area contributed by atoms with Crippen LogP contribution in [0.4, 0.5) is 0 Å². The molecule has 0 radical (unpaired) electrons. The number of ether oxygens (including phenoxy) is 1. The van der Waals surface area contributed by atoms with E-state index in [1.807, 2.05) is 48.5 Å². The lowest BCUT2D eigenvalue weighted by Gasteiger charge is -2.04. The molecule has 0 saturated carbocycles. The van der Waals surface area contributed by atoms with Crippen molar-refractivity contribution < 1.29 is 4.74 Å². The zero-order chi connectivity index (χ0) is 23.1. The van der Waals surface area contributed by atoms with Crippen LogP contribution < -0.4 is 10.3 Å². The van der Waals surface area contributed by atoms with Crippen molar-refractivity contribution in [2.75, 3.05) is 7.11 Å². The van der Waals surface area contributed by atoms with E-state index in [1.165, 1.54) is 27.1 Å². The molecule has 7 heteroatoms. The molecular formula is C27H22N4O2S. The number of hydrogen-bond acceptors (Lipinski definition) is 5. The van der Waals surface area contributed by atoms with Crippen molar-refractivity contribution in [1.29, 1.82) is 0 Å². The van der Waals surface area contributed by atoms with Crippen LogP contribution in [0.2, 0.25) is 0 Å². The second-order valence-corrected chi connectivity index (χ2v) is 9.35. The maximum atomic E-state index is 13.6. The molecule has 0 fully saturated rings. The number of hydrogen-bond donors (Lipinski definition) is 1. The Bertz CT molecular complexity index is 1520. The van der Waals surface area contributed by atoms with Gasteiger partial charge in [0, 0.05) is 11.8 Å². The van der Waals surface area contributed by atoms with Gasteiger partial charge in [-0.25, -0.2) is 4.98 Å². The summed E-state index contributed by atoms with van der Waals surface area (Å²) in [5.41, 5.74) is 5.50. The van der Waals surface area contributed by atoms with Gasteiger partial charge in [0.2, 0.25) is 5.13 Å². The van der Waals surface area contributed by atoms with Crippen molar-refractivity contribution in [1.82, 2.24) is 14.8 Å². The Kier molecular flexibility index (Phi) is 5.11. The van der Waals surface area contributed by atoms with Crippen LogP contribution in [0.1, 0.15) is 16.7 Å². The standard InChI is InChI=1S/C27H22N4O2S/c1-33-21-12-10-17(11-13-21)25-22(16-28-20-14-18-6-2-3-7-19(18)15-20)26(32)31(30-25)27-29-23-8-4-5-9-24(23)34-27/h2-13,16,20,30H,14-15H2,1H3. The maximum absolute atomic E-state index is 13.6. The molecule has 0 bridgehead atoms. The summed E-state index contributed by atoms with van der Waals surface area (Å²) in [5, 5.41) is 3.90. The van der Waals surface area contributed by atoms with Crippen LogP contribution in [-0.2, 0) is 12.8 Å². The van der Waals surface area contributed by atoms with E-state index in [1.54, 1.807) is 13.3 Å². The van der Waals surface area contributed by atoms with Crippen LogP contribution in [0, 0.1) is 0 Å². The van der Waals surface area contributed by atoms with Gasteiger partial charge in [-0.05, 0) is 60.4 Å². The smallest absolute Gasteiger partial charge is 0.282 e. The quantitative estimate of drug-likeness (QED) is 0.369. The summed E-state index contributed by atoms with van der Waals surface area (Å²) >= 11 is 1.48. The van der Waals surface area contributed by atoms with Gasteiger partial charge in [-0.3, -0.25) is 14.9 Å². The topological polar surface area (TPSA) is 72.3 Å². The number of nitrogens with one attached hydrogen (secondary N) is 1. The number of fused-ring (bicyclic) bond motifs is 2. The zero-order valence-corrected chi connectivity index (χ0v) is 19.4. The fraction of sp³-hybridized carbons (Fsp3) is 0.148. The lowest BCUT2D eigenvalue weighted by molar-refractivity contribution is 0.415.